The van der Waals surface area contributed by atoms with Crippen LogP contribution in [-0.4, -0.2) is 24.9 Å². The summed E-state index contributed by atoms with van der Waals surface area (Å²) in [5.41, 5.74) is 2.81. The first-order valence-electron chi connectivity index (χ1n) is 9.33. The van der Waals surface area contributed by atoms with Crippen LogP contribution in [0.15, 0.2) is 78.9 Å². The summed E-state index contributed by atoms with van der Waals surface area (Å²) in [5, 5.41) is 6.43. The topological polar surface area (TPSA) is 61.4 Å². The van der Waals surface area contributed by atoms with Gasteiger partial charge < -0.3 is 15.5 Å². The molecule has 0 radical (unpaired) electrons. The van der Waals surface area contributed by atoms with Crippen LogP contribution in [-0.2, 0) is 4.79 Å². The Kier molecular flexibility index (Phi) is 6.87. The van der Waals surface area contributed by atoms with Gasteiger partial charge in [0.15, 0.2) is 0 Å². The minimum Gasteiger partial charge on any atom is -0.376 e. The fourth-order valence-corrected chi connectivity index (χ4v) is 3.08. The Morgan fingerprint density at radius 3 is 2.28 bits per heavy atom. The van der Waals surface area contributed by atoms with E-state index in [4.69, 9.17) is 11.6 Å². The van der Waals surface area contributed by atoms with Crippen molar-refractivity contribution in [2.45, 2.75) is 6.92 Å². The van der Waals surface area contributed by atoms with E-state index in [1.807, 2.05) is 49.4 Å². The lowest BCUT2D eigenvalue weighted by Crippen LogP contribution is -2.30. The molecule has 0 aliphatic heterocycles. The second-order valence-electron chi connectivity index (χ2n) is 6.37. The van der Waals surface area contributed by atoms with Crippen molar-refractivity contribution in [2.75, 3.05) is 28.6 Å². The van der Waals surface area contributed by atoms with Gasteiger partial charge in [0.1, 0.15) is 0 Å². The van der Waals surface area contributed by atoms with Crippen LogP contribution in [0.4, 0.5) is 17.1 Å². The number of hydrogen-bond acceptors (Lipinski definition) is 3. The minimum absolute atomic E-state index is 0.0841. The molecule has 3 aromatic carbocycles. The average Bonchev–Trinajstić information content (AvgIpc) is 2.74. The van der Waals surface area contributed by atoms with Crippen molar-refractivity contribution in [3.05, 3.63) is 89.4 Å². The maximum absolute atomic E-state index is 12.8. The monoisotopic (exact) mass is 407 g/mol. The molecular formula is C23H22ClN3O2. The lowest BCUT2D eigenvalue weighted by atomic mass is 10.1. The van der Waals surface area contributed by atoms with Gasteiger partial charge in [-0.3, -0.25) is 9.59 Å². The second kappa shape index (κ2) is 9.75. The van der Waals surface area contributed by atoms with Crippen LogP contribution in [0.3, 0.4) is 0 Å². The quantitative estimate of drug-likeness (QED) is 0.575. The molecule has 0 aliphatic rings. The van der Waals surface area contributed by atoms with Gasteiger partial charge in [0.25, 0.3) is 5.91 Å². The molecule has 2 amide bonds. The maximum Gasteiger partial charge on any atom is 0.258 e. The van der Waals surface area contributed by atoms with Crippen LogP contribution in [0.2, 0.25) is 5.02 Å². The van der Waals surface area contributed by atoms with E-state index in [2.05, 4.69) is 10.6 Å². The number of hydrogen-bond donors (Lipinski definition) is 2. The molecule has 0 saturated carbocycles. The number of halogens is 1. The summed E-state index contributed by atoms with van der Waals surface area (Å²) in [5.74, 6) is -0.275. The predicted molar refractivity (Wildman–Crippen MR) is 119 cm³/mol. The lowest BCUT2D eigenvalue weighted by Gasteiger charge is -2.21. The first-order valence-corrected chi connectivity index (χ1v) is 9.71. The van der Waals surface area contributed by atoms with E-state index in [1.165, 1.54) is 0 Å². The third-order valence-electron chi connectivity index (χ3n) is 4.32. The van der Waals surface area contributed by atoms with E-state index in [0.717, 1.165) is 11.4 Å². The highest BCUT2D eigenvalue weighted by Gasteiger charge is 2.15. The Balaban J connectivity index is 1.59. The molecule has 0 saturated heterocycles. The first-order chi connectivity index (χ1) is 14.1. The Labute approximate surface area is 175 Å². The van der Waals surface area contributed by atoms with Crippen LogP contribution < -0.4 is 15.5 Å². The highest BCUT2D eigenvalue weighted by atomic mass is 35.5. The molecule has 0 unspecified atom stereocenters. The first kappa shape index (κ1) is 20.4. The summed E-state index contributed by atoms with van der Waals surface area (Å²) < 4.78 is 0. The van der Waals surface area contributed by atoms with Gasteiger partial charge in [-0.25, -0.2) is 0 Å². The number of rotatable bonds is 7. The molecule has 2 N–H and O–H groups in total. The van der Waals surface area contributed by atoms with Crippen molar-refractivity contribution in [1.29, 1.82) is 0 Å². The number of nitrogens with zero attached hydrogens (tertiary/aromatic N) is 1. The van der Waals surface area contributed by atoms with Crippen LogP contribution >= 0.6 is 11.6 Å². The van der Waals surface area contributed by atoms with E-state index >= 15 is 0 Å². The summed E-state index contributed by atoms with van der Waals surface area (Å²) in [6.07, 6.45) is 0. The third kappa shape index (κ3) is 5.59. The summed E-state index contributed by atoms with van der Waals surface area (Å²) in [6.45, 7) is 2.61. The number of amides is 2. The summed E-state index contributed by atoms with van der Waals surface area (Å²) in [7, 11) is 0. The number of nitrogens with one attached hydrogen (secondary N) is 2. The van der Waals surface area contributed by atoms with E-state index in [-0.39, 0.29) is 18.4 Å². The van der Waals surface area contributed by atoms with Crippen molar-refractivity contribution in [1.82, 2.24) is 0 Å². The molecule has 29 heavy (non-hydrogen) atoms. The zero-order chi connectivity index (χ0) is 20.6. The Morgan fingerprint density at radius 1 is 0.897 bits per heavy atom. The Hall–Kier alpha value is -3.31. The van der Waals surface area contributed by atoms with Crippen LogP contribution in [0, 0.1) is 0 Å². The normalized spacial score (nSPS) is 10.3. The maximum atomic E-state index is 12.8. The molecule has 5 nitrogen and oxygen atoms in total. The van der Waals surface area contributed by atoms with Crippen molar-refractivity contribution in [3.63, 3.8) is 0 Å². The van der Waals surface area contributed by atoms with Gasteiger partial charge in [0, 0.05) is 34.2 Å². The summed E-state index contributed by atoms with van der Waals surface area (Å²) >= 11 is 5.93. The van der Waals surface area contributed by atoms with Crippen LogP contribution in [0.1, 0.15) is 17.3 Å². The molecule has 0 fully saturated rings. The van der Waals surface area contributed by atoms with Gasteiger partial charge in [0.2, 0.25) is 5.91 Å². The smallest absolute Gasteiger partial charge is 0.258 e. The van der Waals surface area contributed by atoms with Gasteiger partial charge >= 0.3 is 0 Å². The van der Waals surface area contributed by atoms with Gasteiger partial charge in [-0.2, -0.15) is 0 Å². The molecule has 6 heteroatoms. The van der Waals surface area contributed by atoms with E-state index < -0.39 is 0 Å². The van der Waals surface area contributed by atoms with Gasteiger partial charge in [0.05, 0.1) is 6.54 Å². The number of para-hydroxylation sites is 1. The standard InChI is InChI=1S/C23H22ClN3O2/c1-2-27(21-9-4-3-5-10-21)23(29)17-11-13-19(14-12-17)26-22(28)16-25-20-8-6-7-18(24)15-20/h3-15,25H,2,16H2,1H3,(H,26,28). The molecule has 3 rings (SSSR count). The van der Waals surface area contributed by atoms with Gasteiger partial charge in [-0.1, -0.05) is 35.9 Å². The van der Waals surface area contributed by atoms with E-state index in [1.54, 1.807) is 41.3 Å². The SMILES string of the molecule is CCN(C(=O)c1ccc(NC(=O)CNc2cccc(Cl)c2)cc1)c1ccccc1. The van der Waals surface area contributed by atoms with Gasteiger partial charge in [-0.05, 0) is 61.5 Å². The zero-order valence-electron chi connectivity index (χ0n) is 16.1. The number of carbonyl (C=O) groups is 2. The second-order valence-corrected chi connectivity index (χ2v) is 6.81. The minimum atomic E-state index is -0.191. The summed E-state index contributed by atoms with van der Waals surface area (Å²) in [4.78, 5) is 26.7. The highest BCUT2D eigenvalue weighted by Crippen LogP contribution is 2.18. The van der Waals surface area contributed by atoms with Crippen molar-refractivity contribution in [3.8, 4) is 0 Å². The fraction of sp³-hybridized carbons (Fsp3) is 0.130. The van der Waals surface area contributed by atoms with Crippen LogP contribution in [0.25, 0.3) is 0 Å². The molecule has 148 valence electrons. The van der Waals surface area contributed by atoms with E-state index in [9.17, 15) is 9.59 Å². The fourth-order valence-electron chi connectivity index (χ4n) is 2.89. The molecule has 0 atom stereocenters. The number of carbonyl (C=O) groups excluding carboxylic acids is 2. The third-order valence-corrected chi connectivity index (χ3v) is 4.56. The highest BCUT2D eigenvalue weighted by molar-refractivity contribution is 6.30. The molecule has 0 heterocycles. The molecule has 3 aromatic rings. The largest absolute Gasteiger partial charge is 0.376 e. The average molecular weight is 408 g/mol. The van der Waals surface area contributed by atoms with Crippen molar-refractivity contribution >= 4 is 40.5 Å². The van der Waals surface area contributed by atoms with Crippen LogP contribution in [0.5, 0.6) is 0 Å². The molecular weight excluding hydrogens is 386 g/mol. The summed E-state index contributed by atoms with van der Waals surface area (Å²) in [6, 6.07) is 23.6. The van der Waals surface area contributed by atoms with E-state index in [0.29, 0.717) is 22.8 Å². The predicted octanol–water partition coefficient (Wildman–Crippen LogP) is 5.06. The number of anilines is 3. The molecule has 0 bridgehead atoms. The molecule has 0 aliphatic carbocycles. The Bertz CT molecular complexity index is 975. The molecule has 0 spiro atoms. The molecule has 0 aromatic heterocycles. The lowest BCUT2D eigenvalue weighted by molar-refractivity contribution is -0.114. The van der Waals surface area contributed by atoms with Gasteiger partial charge in [-0.15, -0.1) is 0 Å². The Morgan fingerprint density at radius 2 is 1.62 bits per heavy atom. The zero-order valence-corrected chi connectivity index (χ0v) is 16.8. The van der Waals surface area contributed by atoms with Crippen molar-refractivity contribution in [2.24, 2.45) is 0 Å². The number of benzene rings is 3. The van der Waals surface area contributed by atoms with Crippen molar-refractivity contribution < 1.29 is 9.59 Å².